The predicted molar refractivity (Wildman–Crippen MR) is 80.7 cm³/mol. The summed E-state index contributed by atoms with van der Waals surface area (Å²) in [5.41, 5.74) is 2.24. The van der Waals surface area contributed by atoms with Crippen molar-refractivity contribution in [2.75, 3.05) is 13.1 Å². The Hall–Kier alpha value is -0.860. The molecular weight excluding hydrogens is 304 g/mol. The van der Waals surface area contributed by atoms with Gasteiger partial charge < -0.3 is 0 Å². The van der Waals surface area contributed by atoms with Crippen LogP contribution in [-0.2, 0) is 13.1 Å². The zero-order valence-electron chi connectivity index (χ0n) is 12.3. The molecule has 0 aliphatic carbocycles. The molecule has 0 spiro atoms. The third kappa shape index (κ3) is 4.63. The molecule has 0 atom stereocenters. The summed E-state index contributed by atoms with van der Waals surface area (Å²) >= 11 is 3.63. The average Bonchev–Trinajstić information content (AvgIpc) is 2.63. The Kier molecular flexibility index (Phi) is 6.53. The van der Waals surface area contributed by atoms with E-state index in [4.69, 9.17) is 5.26 Å². The van der Waals surface area contributed by atoms with Crippen LogP contribution in [0.5, 0.6) is 0 Å². The van der Waals surface area contributed by atoms with Gasteiger partial charge in [-0.2, -0.15) is 10.4 Å². The maximum absolute atomic E-state index is 8.77. The lowest BCUT2D eigenvalue weighted by Gasteiger charge is -2.23. The summed E-state index contributed by atoms with van der Waals surface area (Å²) in [7, 11) is 0. The van der Waals surface area contributed by atoms with Crippen molar-refractivity contribution in [3.05, 3.63) is 15.9 Å². The molecule has 106 valence electrons. The van der Waals surface area contributed by atoms with Crippen LogP contribution in [0.25, 0.3) is 0 Å². The fourth-order valence-corrected chi connectivity index (χ4v) is 2.60. The van der Waals surface area contributed by atoms with E-state index in [1.54, 1.807) is 0 Å². The molecule has 19 heavy (non-hydrogen) atoms. The van der Waals surface area contributed by atoms with Crippen LogP contribution in [0.4, 0.5) is 0 Å². The third-order valence-electron chi connectivity index (χ3n) is 2.99. The topological polar surface area (TPSA) is 44.9 Å². The van der Waals surface area contributed by atoms with E-state index in [-0.39, 0.29) is 0 Å². The second-order valence-electron chi connectivity index (χ2n) is 5.20. The highest BCUT2D eigenvalue weighted by Gasteiger charge is 2.16. The Balaban J connectivity index is 2.86. The first kappa shape index (κ1) is 16.2. The van der Waals surface area contributed by atoms with E-state index in [0.717, 1.165) is 36.3 Å². The number of aromatic nitrogens is 2. The lowest BCUT2D eigenvalue weighted by molar-refractivity contribution is 0.234. The van der Waals surface area contributed by atoms with Crippen LogP contribution in [-0.4, -0.2) is 27.8 Å². The Labute approximate surface area is 124 Å². The highest BCUT2D eigenvalue weighted by Crippen LogP contribution is 2.23. The maximum atomic E-state index is 8.77. The summed E-state index contributed by atoms with van der Waals surface area (Å²) in [5.74, 6) is 0.594. The summed E-state index contributed by atoms with van der Waals surface area (Å²) in [6.07, 6.45) is 0.573. The van der Waals surface area contributed by atoms with Gasteiger partial charge in [-0.15, -0.1) is 0 Å². The smallest absolute Gasteiger partial charge is 0.0739 e. The van der Waals surface area contributed by atoms with Gasteiger partial charge in [0.2, 0.25) is 0 Å². The number of aryl methyl sites for hydroxylation is 2. The first-order valence-corrected chi connectivity index (χ1v) is 7.59. The second kappa shape index (κ2) is 7.66. The highest BCUT2D eigenvalue weighted by atomic mass is 79.9. The molecule has 0 aliphatic heterocycles. The van der Waals surface area contributed by atoms with Crippen molar-refractivity contribution >= 4 is 15.9 Å². The van der Waals surface area contributed by atoms with Gasteiger partial charge in [-0.25, -0.2) is 0 Å². The first-order valence-electron chi connectivity index (χ1n) is 6.80. The normalized spacial score (nSPS) is 11.3. The van der Waals surface area contributed by atoms with Gasteiger partial charge in [0.1, 0.15) is 0 Å². The van der Waals surface area contributed by atoms with E-state index in [1.807, 2.05) is 11.6 Å². The minimum absolute atomic E-state index is 0.573. The van der Waals surface area contributed by atoms with Crippen molar-refractivity contribution in [2.24, 2.45) is 5.92 Å². The Morgan fingerprint density at radius 2 is 2.16 bits per heavy atom. The molecule has 0 radical (unpaired) electrons. The molecule has 0 fully saturated rings. The van der Waals surface area contributed by atoms with Gasteiger partial charge in [-0.05, 0) is 35.7 Å². The van der Waals surface area contributed by atoms with Crippen LogP contribution in [0.2, 0.25) is 0 Å². The minimum Gasteiger partial charge on any atom is -0.296 e. The molecule has 0 bridgehead atoms. The molecule has 0 aliphatic rings. The maximum Gasteiger partial charge on any atom is 0.0739 e. The van der Waals surface area contributed by atoms with Crippen molar-refractivity contribution in [2.45, 2.75) is 47.2 Å². The summed E-state index contributed by atoms with van der Waals surface area (Å²) in [4.78, 5) is 2.33. The van der Waals surface area contributed by atoms with Crippen molar-refractivity contribution in [3.63, 3.8) is 0 Å². The SMILES string of the molecule is CCn1nc(C)c(Br)c1CN(CCC#N)CC(C)C. The quantitative estimate of drug-likeness (QED) is 0.771. The van der Waals surface area contributed by atoms with E-state index >= 15 is 0 Å². The van der Waals surface area contributed by atoms with Gasteiger partial charge in [0.05, 0.1) is 21.9 Å². The van der Waals surface area contributed by atoms with Crippen molar-refractivity contribution < 1.29 is 0 Å². The van der Waals surface area contributed by atoms with Gasteiger partial charge in [0, 0.05) is 32.6 Å². The number of nitriles is 1. The average molecular weight is 327 g/mol. The van der Waals surface area contributed by atoms with E-state index in [1.165, 1.54) is 5.69 Å². The number of nitrogens with zero attached hydrogens (tertiary/aromatic N) is 4. The summed E-state index contributed by atoms with van der Waals surface area (Å²) in [5, 5.41) is 13.3. The summed E-state index contributed by atoms with van der Waals surface area (Å²) < 4.78 is 3.14. The van der Waals surface area contributed by atoms with E-state index in [2.05, 4.69) is 52.8 Å². The van der Waals surface area contributed by atoms with Crippen LogP contribution < -0.4 is 0 Å². The Bertz CT molecular complexity index is 445. The van der Waals surface area contributed by atoms with Crippen LogP contribution >= 0.6 is 15.9 Å². The molecule has 0 N–H and O–H groups in total. The number of hydrogen-bond donors (Lipinski definition) is 0. The van der Waals surface area contributed by atoms with Crippen LogP contribution in [0.15, 0.2) is 4.47 Å². The zero-order valence-corrected chi connectivity index (χ0v) is 13.9. The fourth-order valence-electron chi connectivity index (χ4n) is 2.19. The van der Waals surface area contributed by atoms with Crippen LogP contribution in [0.1, 0.15) is 38.6 Å². The molecular formula is C14H23BrN4. The molecule has 5 heteroatoms. The van der Waals surface area contributed by atoms with E-state index < -0.39 is 0 Å². The molecule has 1 heterocycles. The second-order valence-corrected chi connectivity index (χ2v) is 5.99. The third-order valence-corrected chi connectivity index (χ3v) is 4.02. The lowest BCUT2D eigenvalue weighted by atomic mass is 10.2. The van der Waals surface area contributed by atoms with Crippen molar-refractivity contribution in [1.82, 2.24) is 14.7 Å². The molecule has 1 aromatic heterocycles. The molecule has 1 aromatic rings. The number of hydrogen-bond acceptors (Lipinski definition) is 3. The van der Waals surface area contributed by atoms with Crippen molar-refractivity contribution in [3.8, 4) is 6.07 Å². The standard InChI is InChI=1S/C14H23BrN4/c1-5-19-13(14(15)12(4)17-19)10-18(8-6-7-16)9-11(2)3/h11H,5-6,8-10H2,1-4H3. The number of rotatable bonds is 7. The largest absolute Gasteiger partial charge is 0.296 e. The molecule has 0 saturated heterocycles. The highest BCUT2D eigenvalue weighted by molar-refractivity contribution is 9.10. The zero-order chi connectivity index (χ0) is 14.4. The van der Waals surface area contributed by atoms with Gasteiger partial charge in [-0.1, -0.05) is 13.8 Å². The van der Waals surface area contributed by atoms with E-state index in [9.17, 15) is 0 Å². The van der Waals surface area contributed by atoms with Gasteiger partial charge >= 0.3 is 0 Å². The van der Waals surface area contributed by atoms with Gasteiger partial charge in [-0.3, -0.25) is 9.58 Å². The predicted octanol–water partition coefficient (Wildman–Crippen LogP) is 3.35. The molecule has 0 aromatic carbocycles. The van der Waals surface area contributed by atoms with Crippen LogP contribution in [0, 0.1) is 24.2 Å². The molecule has 0 amide bonds. The Morgan fingerprint density at radius 3 is 2.68 bits per heavy atom. The monoisotopic (exact) mass is 326 g/mol. The van der Waals surface area contributed by atoms with E-state index in [0.29, 0.717) is 12.3 Å². The Morgan fingerprint density at radius 1 is 1.47 bits per heavy atom. The molecule has 1 rings (SSSR count). The molecule has 0 saturated carbocycles. The first-order chi connectivity index (χ1) is 8.99. The van der Waals surface area contributed by atoms with Gasteiger partial charge in [0.15, 0.2) is 0 Å². The minimum atomic E-state index is 0.573. The van der Waals surface area contributed by atoms with Gasteiger partial charge in [0.25, 0.3) is 0 Å². The lowest BCUT2D eigenvalue weighted by Crippen LogP contribution is -2.29. The van der Waals surface area contributed by atoms with Crippen LogP contribution in [0.3, 0.4) is 0 Å². The molecule has 0 unspecified atom stereocenters. The fraction of sp³-hybridized carbons (Fsp3) is 0.714. The summed E-state index contributed by atoms with van der Waals surface area (Å²) in [6, 6.07) is 2.23. The molecule has 4 nitrogen and oxygen atoms in total. The van der Waals surface area contributed by atoms with Crippen molar-refractivity contribution in [1.29, 1.82) is 5.26 Å². The number of halogens is 1. The summed E-state index contributed by atoms with van der Waals surface area (Å²) in [6.45, 7) is 12.1.